The first kappa shape index (κ1) is 14.5. The van der Waals surface area contributed by atoms with Crippen molar-refractivity contribution < 1.29 is 12.8 Å². The standard InChI is InChI=1S/C10H7Cl2FN2O2S2/c1-5-9(18-10(12)14-5)19(16,17)15-8-3-6(11)2-7(13)4-8/h2-4,15H,1H3. The quantitative estimate of drug-likeness (QED) is 0.926. The Kier molecular flexibility index (Phi) is 4.00. The Morgan fingerprint density at radius 3 is 2.53 bits per heavy atom. The summed E-state index contributed by atoms with van der Waals surface area (Å²) < 4.78 is 39.7. The van der Waals surface area contributed by atoms with Gasteiger partial charge in [0.1, 0.15) is 5.82 Å². The molecule has 1 aromatic heterocycles. The van der Waals surface area contributed by atoms with Crippen molar-refractivity contribution in [1.82, 2.24) is 4.98 Å². The molecule has 0 unspecified atom stereocenters. The number of rotatable bonds is 3. The number of hydrogen-bond acceptors (Lipinski definition) is 4. The fraction of sp³-hybridized carbons (Fsp3) is 0.100. The largest absolute Gasteiger partial charge is 0.279 e. The lowest BCUT2D eigenvalue weighted by Crippen LogP contribution is -2.12. The maximum atomic E-state index is 13.1. The van der Waals surface area contributed by atoms with Crippen molar-refractivity contribution in [1.29, 1.82) is 0 Å². The molecule has 0 amide bonds. The molecule has 1 N–H and O–H groups in total. The van der Waals surface area contributed by atoms with Gasteiger partial charge in [-0.3, -0.25) is 4.72 Å². The Balaban J connectivity index is 2.39. The van der Waals surface area contributed by atoms with Crippen molar-refractivity contribution in [2.24, 2.45) is 0 Å². The predicted octanol–water partition coefficient (Wildman–Crippen LogP) is 3.70. The van der Waals surface area contributed by atoms with Crippen LogP contribution in [-0.2, 0) is 10.0 Å². The molecule has 9 heteroatoms. The fourth-order valence-corrected chi connectivity index (χ4v) is 4.42. The second-order valence-corrected chi connectivity index (χ2v) is 7.50. The van der Waals surface area contributed by atoms with E-state index in [1.807, 2.05) is 0 Å². The normalized spacial score (nSPS) is 11.6. The van der Waals surface area contributed by atoms with Crippen LogP contribution in [-0.4, -0.2) is 13.4 Å². The van der Waals surface area contributed by atoms with Gasteiger partial charge >= 0.3 is 0 Å². The molecular weight excluding hydrogens is 334 g/mol. The number of benzene rings is 1. The summed E-state index contributed by atoms with van der Waals surface area (Å²) >= 11 is 12.1. The van der Waals surface area contributed by atoms with Gasteiger partial charge in [0.2, 0.25) is 0 Å². The third-order valence-corrected chi connectivity index (χ3v) is 5.56. The summed E-state index contributed by atoms with van der Waals surface area (Å²) in [7, 11) is -3.86. The minimum Gasteiger partial charge on any atom is -0.279 e. The number of nitrogens with zero attached hydrogens (tertiary/aromatic N) is 1. The smallest absolute Gasteiger partial charge is 0.273 e. The molecule has 0 atom stereocenters. The summed E-state index contributed by atoms with van der Waals surface area (Å²) in [5.74, 6) is -0.635. The van der Waals surface area contributed by atoms with E-state index in [4.69, 9.17) is 23.2 Å². The van der Waals surface area contributed by atoms with Gasteiger partial charge in [0, 0.05) is 5.02 Å². The van der Waals surface area contributed by atoms with E-state index in [9.17, 15) is 12.8 Å². The second-order valence-electron chi connectivity index (χ2n) is 3.60. The molecule has 19 heavy (non-hydrogen) atoms. The van der Waals surface area contributed by atoms with Crippen molar-refractivity contribution in [3.63, 3.8) is 0 Å². The molecule has 0 bridgehead atoms. The molecule has 2 rings (SSSR count). The van der Waals surface area contributed by atoms with Crippen LogP contribution in [0.1, 0.15) is 5.69 Å². The van der Waals surface area contributed by atoms with Gasteiger partial charge in [0.25, 0.3) is 10.0 Å². The molecule has 1 aromatic carbocycles. The zero-order chi connectivity index (χ0) is 14.2. The first-order valence-corrected chi connectivity index (χ1v) is 7.95. The van der Waals surface area contributed by atoms with E-state index in [0.717, 1.165) is 23.5 Å². The number of halogens is 3. The molecule has 1 heterocycles. The van der Waals surface area contributed by atoms with Gasteiger partial charge in [-0.25, -0.2) is 17.8 Å². The van der Waals surface area contributed by atoms with Crippen LogP contribution in [0.3, 0.4) is 0 Å². The average molecular weight is 341 g/mol. The second kappa shape index (κ2) is 5.24. The number of nitrogens with one attached hydrogen (secondary N) is 1. The maximum absolute atomic E-state index is 13.1. The summed E-state index contributed by atoms with van der Waals surface area (Å²) in [5.41, 5.74) is 0.318. The molecule has 0 saturated heterocycles. The van der Waals surface area contributed by atoms with Crippen molar-refractivity contribution in [2.45, 2.75) is 11.1 Å². The molecule has 0 radical (unpaired) electrons. The molecule has 0 fully saturated rings. The molecule has 2 aromatic rings. The number of sulfonamides is 1. The van der Waals surface area contributed by atoms with E-state index in [1.54, 1.807) is 0 Å². The Morgan fingerprint density at radius 1 is 1.32 bits per heavy atom. The van der Waals surface area contributed by atoms with Crippen LogP contribution in [0.15, 0.2) is 22.4 Å². The van der Waals surface area contributed by atoms with Gasteiger partial charge in [-0.2, -0.15) is 0 Å². The van der Waals surface area contributed by atoms with Gasteiger partial charge in [-0.1, -0.05) is 34.5 Å². The van der Waals surface area contributed by atoms with Crippen molar-refractivity contribution in [3.05, 3.63) is 39.2 Å². The number of hydrogen-bond donors (Lipinski definition) is 1. The lowest BCUT2D eigenvalue weighted by molar-refractivity contribution is 0.602. The van der Waals surface area contributed by atoms with Crippen LogP contribution in [0, 0.1) is 12.7 Å². The lowest BCUT2D eigenvalue weighted by atomic mass is 10.3. The number of anilines is 1. The first-order chi connectivity index (χ1) is 8.78. The number of aryl methyl sites for hydroxylation is 1. The molecule has 102 valence electrons. The van der Waals surface area contributed by atoms with Crippen LogP contribution < -0.4 is 4.72 Å². The highest BCUT2D eigenvalue weighted by molar-refractivity contribution is 7.94. The Hall–Kier alpha value is -0.890. The van der Waals surface area contributed by atoms with E-state index in [0.29, 0.717) is 0 Å². The summed E-state index contributed by atoms with van der Waals surface area (Å²) in [6.07, 6.45) is 0. The summed E-state index contributed by atoms with van der Waals surface area (Å²) in [5, 5.41) is 0.0942. The van der Waals surface area contributed by atoms with E-state index in [1.165, 1.54) is 13.0 Å². The van der Waals surface area contributed by atoms with Gasteiger partial charge in [0.05, 0.1) is 11.4 Å². The molecule has 0 aliphatic rings. The van der Waals surface area contributed by atoms with Gasteiger partial charge in [0.15, 0.2) is 8.68 Å². The van der Waals surface area contributed by atoms with E-state index in [2.05, 4.69) is 9.71 Å². The highest BCUT2D eigenvalue weighted by Gasteiger charge is 2.21. The molecule has 0 aliphatic heterocycles. The monoisotopic (exact) mass is 340 g/mol. The zero-order valence-corrected chi connectivity index (χ0v) is 12.6. The van der Waals surface area contributed by atoms with Crippen LogP contribution in [0.4, 0.5) is 10.1 Å². The van der Waals surface area contributed by atoms with Crippen LogP contribution in [0.2, 0.25) is 9.49 Å². The number of aromatic nitrogens is 1. The average Bonchev–Trinajstić information content (AvgIpc) is 2.56. The Morgan fingerprint density at radius 2 is 2.00 bits per heavy atom. The molecule has 0 aliphatic carbocycles. The summed E-state index contributed by atoms with van der Waals surface area (Å²) in [6.45, 7) is 1.52. The minimum atomic E-state index is -3.86. The molecule has 0 spiro atoms. The first-order valence-electron chi connectivity index (χ1n) is 4.90. The topological polar surface area (TPSA) is 59.1 Å². The predicted molar refractivity (Wildman–Crippen MR) is 74.1 cm³/mol. The highest BCUT2D eigenvalue weighted by atomic mass is 35.5. The molecular formula is C10H7Cl2FN2O2S2. The van der Waals surface area contributed by atoms with Gasteiger partial charge in [-0.15, -0.1) is 0 Å². The fourth-order valence-electron chi connectivity index (χ4n) is 1.41. The van der Waals surface area contributed by atoms with Crippen LogP contribution in [0.5, 0.6) is 0 Å². The SMILES string of the molecule is Cc1nc(Cl)sc1S(=O)(=O)Nc1cc(F)cc(Cl)c1. The Labute approximate surface area is 123 Å². The number of thiazole rings is 1. The van der Waals surface area contributed by atoms with Gasteiger partial charge in [-0.05, 0) is 25.1 Å². The van der Waals surface area contributed by atoms with E-state index >= 15 is 0 Å². The van der Waals surface area contributed by atoms with Gasteiger partial charge < -0.3 is 0 Å². The van der Waals surface area contributed by atoms with Crippen molar-refractivity contribution >= 4 is 50.2 Å². The van der Waals surface area contributed by atoms with Crippen molar-refractivity contribution in [2.75, 3.05) is 4.72 Å². The summed E-state index contributed by atoms with van der Waals surface area (Å²) in [6, 6.07) is 3.41. The third-order valence-electron chi connectivity index (χ3n) is 2.09. The van der Waals surface area contributed by atoms with Crippen LogP contribution >= 0.6 is 34.5 Å². The Bertz CT molecular complexity index is 711. The zero-order valence-electron chi connectivity index (χ0n) is 9.45. The molecule has 4 nitrogen and oxygen atoms in total. The van der Waals surface area contributed by atoms with E-state index in [-0.39, 0.29) is 25.1 Å². The van der Waals surface area contributed by atoms with Crippen molar-refractivity contribution in [3.8, 4) is 0 Å². The lowest BCUT2D eigenvalue weighted by Gasteiger charge is -2.07. The highest BCUT2D eigenvalue weighted by Crippen LogP contribution is 2.29. The maximum Gasteiger partial charge on any atom is 0.273 e. The minimum absolute atomic E-state index is 0.0158. The van der Waals surface area contributed by atoms with Crippen LogP contribution in [0.25, 0.3) is 0 Å². The molecule has 0 saturated carbocycles. The van der Waals surface area contributed by atoms with E-state index < -0.39 is 15.8 Å². The third kappa shape index (κ3) is 3.36. The summed E-state index contributed by atoms with van der Waals surface area (Å²) in [4.78, 5) is 3.82.